The van der Waals surface area contributed by atoms with Crippen LogP contribution >= 0.6 is 0 Å². The van der Waals surface area contributed by atoms with Gasteiger partial charge in [-0.3, -0.25) is 0 Å². The number of unbranched alkanes of at least 4 members (excludes halogenated alkanes) is 33. The molecule has 0 saturated heterocycles. The predicted octanol–water partition coefficient (Wildman–Crippen LogP) is 15.4. The highest BCUT2D eigenvalue weighted by Crippen LogP contribution is 2.16. The minimum Gasteiger partial charge on any atom is -0.234 e. The average molecular weight is 658 g/mol. The molecule has 0 aliphatic carbocycles. The molecule has 0 aromatic carbocycles. The van der Waals surface area contributed by atoms with Crippen molar-refractivity contribution < 1.29 is 4.57 Å². The standard InChI is InChI=1S/C45H89N2/c1-4-7-10-13-16-19-22-24-25-26-28-31-34-37-40-45-46(41-38-35-32-29-21-18-15-12-9-6-3)43-44-47(45)42-39-36-33-30-27-23-20-17-14-11-8-5-2/h43-44H,4-42H2,1-3H3/q+1. The van der Waals surface area contributed by atoms with Gasteiger partial charge in [0.25, 0.3) is 5.82 Å². The van der Waals surface area contributed by atoms with Gasteiger partial charge in [-0.15, -0.1) is 0 Å². The smallest absolute Gasteiger partial charge is 0.234 e. The van der Waals surface area contributed by atoms with Crippen LogP contribution in [0.1, 0.15) is 258 Å². The molecule has 278 valence electrons. The summed E-state index contributed by atoms with van der Waals surface area (Å²) in [5.74, 6) is 1.63. The largest absolute Gasteiger partial charge is 0.256 e. The Balaban J connectivity index is 2.28. The van der Waals surface area contributed by atoms with Crippen LogP contribution in [-0.4, -0.2) is 4.57 Å². The molecule has 1 rings (SSSR count). The third-order valence-electron chi connectivity index (χ3n) is 10.8. The summed E-state index contributed by atoms with van der Waals surface area (Å²) in [4.78, 5) is 0. The summed E-state index contributed by atoms with van der Waals surface area (Å²) in [6.07, 6.45) is 57.8. The molecule has 0 unspecified atom stereocenters. The second kappa shape index (κ2) is 36.5. The number of aromatic nitrogens is 2. The molecule has 2 heteroatoms. The van der Waals surface area contributed by atoms with Crippen molar-refractivity contribution in [2.45, 2.75) is 271 Å². The lowest BCUT2D eigenvalue weighted by molar-refractivity contribution is -0.704. The quantitative estimate of drug-likeness (QED) is 0.0492. The van der Waals surface area contributed by atoms with E-state index in [-0.39, 0.29) is 0 Å². The highest BCUT2D eigenvalue weighted by Gasteiger charge is 2.16. The first kappa shape index (κ1) is 44.2. The molecule has 0 amide bonds. The second-order valence-corrected chi connectivity index (χ2v) is 15.5. The molecule has 0 saturated carbocycles. The number of nitrogens with zero attached hydrogens (tertiary/aromatic N) is 2. The Labute approximate surface area is 298 Å². The molecule has 47 heavy (non-hydrogen) atoms. The van der Waals surface area contributed by atoms with E-state index in [9.17, 15) is 0 Å². The fraction of sp³-hybridized carbons (Fsp3) is 0.933. The maximum absolute atomic E-state index is 2.65. The first-order chi connectivity index (χ1) is 23.3. The zero-order valence-corrected chi connectivity index (χ0v) is 33.1. The topological polar surface area (TPSA) is 8.81 Å². The summed E-state index contributed by atoms with van der Waals surface area (Å²) in [6, 6.07) is 0. The fourth-order valence-corrected chi connectivity index (χ4v) is 7.56. The van der Waals surface area contributed by atoms with Crippen LogP contribution in [0.3, 0.4) is 0 Å². The normalized spacial score (nSPS) is 11.6. The van der Waals surface area contributed by atoms with E-state index in [0.717, 1.165) is 0 Å². The summed E-state index contributed by atoms with van der Waals surface area (Å²) in [5.41, 5.74) is 0. The molecule has 1 aromatic rings. The van der Waals surface area contributed by atoms with E-state index in [0.29, 0.717) is 0 Å². The van der Waals surface area contributed by atoms with Crippen LogP contribution in [0.2, 0.25) is 0 Å². The van der Waals surface area contributed by atoms with Gasteiger partial charge in [0.1, 0.15) is 12.4 Å². The minimum atomic E-state index is 1.23. The second-order valence-electron chi connectivity index (χ2n) is 15.5. The Morgan fingerprint density at radius 2 is 0.660 bits per heavy atom. The molecule has 0 spiro atoms. The van der Waals surface area contributed by atoms with Crippen molar-refractivity contribution in [3.63, 3.8) is 0 Å². The Morgan fingerprint density at radius 1 is 0.362 bits per heavy atom. The van der Waals surface area contributed by atoms with Gasteiger partial charge >= 0.3 is 0 Å². The number of hydrogen-bond acceptors (Lipinski definition) is 0. The van der Waals surface area contributed by atoms with Gasteiger partial charge in [-0.05, 0) is 32.1 Å². The van der Waals surface area contributed by atoms with Crippen molar-refractivity contribution in [1.29, 1.82) is 0 Å². The zero-order chi connectivity index (χ0) is 33.7. The van der Waals surface area contributed by atoms with E-state index in [4.69, 9.17) is 0 Å². The van der Waals surface area contributed by atoms with Crippen molar-refractivity contribution in [1.82, 2.24) is 4.57 Å². The highest BCUT2D eigenvalue weighted by molar-refractivity contribution is 4.84. The lowest BCUT2D eigenvalue weighted by Gasteiger charge is -2.07. The monoisotopic (exact) mass is 658 g/mol. The SMILES string of the molecule is CCCCCCCCCCCCCCCCc1n(CCCCCCCCCCCCCC)cc[n+]1CCCCCCCCCCCC. The van der Waals surface area contributed by atoms with Crippen molar-refractivity contribution in [3.8, 4) is 0 Å². The maximum Gasteiger partial charge on any atom is 0.256 e. The molecule has 1 aromatic heterocycles. The van der Waals surface area contributed by atoms with Crippen molar-refractivity contribution >= 4 is 0 Å². The van der Waals surface area contributed by atoms with Crippen LogP contribution in [0.15, 0.2) is 12.4 Å². The van der Waals surface area contributed by atoms with Crippen molar-refractivity contribution in [2.24, 2.45) is 0 Å². The lowest BCUT2D eigenvalue weighted by Crippen LogP contribution is -2.37. The van der Waals surface area contributed by atoms with Gasteiger partial charge in [-0.1, -0.05) is 220 Å². The van der Waals surface area contributed by atoms with E-state index in [1.165, 1.54) is 251 Å². The molecule has 0 aliphatic heterocycles. The number of imidazole rings is 1. The summed E-state index contributed by atoms with van der Waals surface area (Å²) >= 11 is 0. The molecule has 0 atom stereocenters. The van der Waals surface area contributed by atoms with Gasteiger partial charge in [0.2, 0.25) is 0 Å². The first-order valence-corrected chi connectivity index (χ1v) is 22.4. The van der Waals surface area contributed by atoms with E-state index in [1.54, 1.807) is 5.82 Å². The van der Waals surface area contributed by atoms with Crippen LogP contribution in [0.25, 0.3) is 0 Å². The Morgan fingerprint density at radius 3 is 1.02 bits per heavy atom. The lowest BCUT2D eigenvalue weighted by atomic mass is 10.0. The van der Waals surface area contributed by atoms with Gasteiger partial charge in [-0.25, -0.2) is 9.13 Å². The van der Waals surface area contributed by atoms with E-state index >= 15 is 0 Å². The first-order valence-electron chi connectivity index (χ1n) is 22.4. The molecular formula is C45H89N2+. The molecule has 0 fully saturated rings. The third kappa shape index (κ3) is 28.7. The summed E-state index contributed by atoms with van der Waals surface area (Å²) in [6.45, 7) is 9.41. The Bertz CT molecular complexity index is 722. The Hall–Kier alpha value is -0.790. The number of aryl methyl sites for hydroxylation is 2. The highest BCUT2D eigenvalue weighted by atomic mass is 15.1. The van der Waals surface area contributed by atoms with Gasteiger partial charge in [0, 0.05) is 6.42 Å². The number of rotatable bonds is 39. The van der Waals surface area contributed by atoms with E-state index in [1.807, 2.05) is 0 Å². The minimum absolute atomic E-state index is 1.23. The van der Waals surface area contributed by atoms with Gasteiger partial charge in [0.05, 0.1) is 13.1 Å². The van der Waals surface area contributed by atoms with E-state index in [2.05, 4.69) is 42.3 Å². The maximum atomic E-state index is 2.65. The molecule has 0 radical (unpaired) electrons. The van der Waals surface area contributed by atoms with Crippen molar-refractivity contribution in [2.75, 3.05) is 0 Å². The van der Waals surface area contributed by atoms with Crippen molar-refractivity contribution in [3.05, 3.63) is 18.2 Å². The molecule has 2 nitrogen and oxygen atoms in total. The summed E-state index contributed by atoms with van der Waals surface area (Å²) in [5, 5.41) is 0. The average Bonchev–Trinajstić information content (AvgIpc) is 3.47. The third-order valence-corrected chi connectivity index (χ3v) is 10.8. The van der Waals surface area contributed by atoms with Crippen LogP contribution in [0, 0.1) is 0 Å². The van der Waals surface area contributed by atoms with Gasteiger partial charge in [-0.2, -0.15) is 0 Å². The predicted molar refractivity (Wildman–Crippen MR) is 212 cm³/mol. The fourth-order valence-electron chi connectivity index (χ4n) is 7.56. The Kier molecular flexibility index (Phi) is 34.3. The van der Waals surface area contributed by atoms with Crippen LogP contribution in [0.5, 0.6) is 0 Å². The molecule has 0 bridgehead atoms. The molecule has 0 aliphatic rings. The number of hydrogen-bond donors (Lipinski definition) is 0. The van der Waals surface area contributed by atoms with E-state index < -0.39 is 0 Å². The molecular weight excluding hydrogens is 569 g/mol. The summed E-state index contributed by atoms with van der Waals surface area (Å²) < 4.78 is 5.29. The van der Waals surface area contributed by atoms with Crippen LogP contribution in [0.4, 0.5) is 0 Å². The summed E-state index contributed by atoms with van der Waals surface area (Å²) in [7, 11) is 0. The van der Waals surface area contributed by atoms with Gasteiger partial charge in [0.15, 0.2) is 0 Å². The van der Waals surface area contributed by atoms with Crippen LogP contribution < -0.4 is 4.57 Å². The zero-order valence-electron chi connectivity index (χ0n) is 33.1. The van der Waals surface area contributed by atoms with Crippen LogP contribution in [-0.2, 0) is 19.5 Å². The van der Waals surface area contributed by atoms with Gasteiger partial charge < -0.3 is 0 Å². The molecule has 0 N–H and O–H groups in total. The molecule has 1 heterocycles.